The summed E-state index contributed by atoms with van der Waals surface area (Å²) in [7, 11) is 0. The minimum absolute atomic E-state index is 0.126. The average molecular weight is 186 g/mol. The van der Waals surface area contributed by atoms with Crippen LogP contribution in [0.5, 0.6) is 0 Å². The maximum Gasteiger partial charge on any atom is 0.338 e. The lowest BCUT2D eigenvalue weighted by Crippen LogP contribution is -2.03. The molecule has 0 amide bonds. The number of rotatable bonds is 2. The molecule has 0 atom stereocenters. The van der Waals surface area contributed by atoms with Crippen LogP contribution in [0, 0.1) is 11.6 Å². The summed E-state index contributed by atoms with van der Waals surface area (Å²) in [6.07, 6.45) is 0.126. The number of halogens is 2. The van der Waals surface area contributed by atoms with Gasteiger partial charge in [0.05, 0.1) is 11.1 Å². The summed E-state index contributed by atoms with van der Waals surface area (Å²) in [6, 6.07) is 1.02. The molecular formula is C8H4F2O3. The lowest BCUT2D eigenvalue weighted by Gasteiger charge is -1.99. The molecule has 0 bridgehead atoms. The first-order valence-electron chi connectivity index (χ1n) is 3.23. The van der Waals surface area contributed by atoms with Gasteiger partial charge >= 0.3 is 5.97 Å². The number of carbonyl (C=O) groups excluding carboxylic acids is 1. The summed E-state index contributed by atoms with van der Waals surface area (Å²) >= 11 is 0. The molecule has 13 heavy (non-hydrogen) atoms. The molecule has 0 unspecified atom stereocenters. The molecule has 1 aromatic carbocycles. The van der Waals surface area contributed by atoms with Crippen molar-refractivity contribution >= 4 is 12.3 Å². The zero-order chi connectivity index (χ0) is 10.0. The van der Waals surface area contributed by atoms with Crippen LogP contribution in [-0.4, -0.2) is 17.4 Å². The number of carboxylic acid groups (broad SMARTS) is 1. The molecular weight excluding hydrogens is 182 g/mol. The minimum Gasteiger partial charge on any atom is -0.478 e. The van der Waals surface area contributed by atoms with Crippen LogP contribution in [-0.2, 0) is 0 Å². The summed E-state index contributed by atoms with van der Waals surface area (Å²) in [5, 5.41) is 8.40. The van der Waals surface area contributed by atoms with Crippen LogP contribution in [0.2, 0.25) is 0 Å². The first kappa shape index (κ1) is 9.31. The van der Waals surface area contributed by atoms with Crippen LogP contribution >= 0.6 is 0 Å². The average Bonchev–Trinajstić information content (AvgIpc) is 2.03. The highest BCUT2D eigenvalue weighted by Crippen LogP contribution is 2.13. The Morgan fingerprint density at radius 2 is 1.92 bits per heavy atom. The molecule has 1 rings (SSSR count). The third-order valence-electron chi connectivity index (χ3n) is 1.44. The molecule has 0 saturated carbocycles. The topological polar surface area (TPSA) is 54.4 Å². The maximum absolute atomic E-state index is 12.7. The first-order valence-corrected chi connectivity index (χ1v) is 3.23. The van der Waals surface area contributed by atoms with Gasteiger partial charge < -0.3 is 5.11 Å². The van der Waals surface area contributed by atoms with Crippen molar-refractivity contribution in [3.8, 4) is 0 Å². The molecule has 1 aromatic rings. The van der Waals surface area contributed by atoms with Gasteiger partial charge in [-0.1, -0.05) is 0 Å². The van der Waals surface area contributed by atoms with Gasteiger partial charge in [-0.3, -0.25) is 4.79 Å². The third kappa shape index (κ3) is 1.69. The van der Waals surface area contributed by atoms with Gasteiger partial charge in [0.1, 0.15) is 11.6 Å². The number of benzene rings is 1. The lowest BCUT2D eigenvalue weighted by molar-refractivity contribution is 0.0692. The number of aromatic carboxylic acids is 1. The second-order valence-electron chi connectivity index (χ2n) is 2.28. The summed E-state index contributed by atoms with van der Waals surface area (Å²) in [4.78, 5) is 20.5. The van der Waals surface area contributed by atoms with Gasteiger partial charge in [-0.15, -0.1) is 0 Å². The van der Waals surface area contributed by atoms with Gasteiger partial charge in [0.2, 0.25) is 0 Å². The Kier molecular flexibility index (Phi) is 2.36. The molecule has 5 heteroatoms. The van der Waals surface area contributed by atoms with Crippen LogP contribution in [0.25, 0.3) is 0 Å². The normalized spacial score (nSPS) is 9.69. The number of aldehydes is 1. The van der Waals surface area contributed by atoms with E-state index in [1.807, 2.05) is 0 Å². The highest BCUT2D eigenvalue weighted by Gasteiger charge is 2.14. The van der Waals surface area contributed by atoms with Crippen LogP contribution < -0.4 is 0 Å². The molecule has 0 fully saturated rings. The van der Waals surface area contributed by atoms with Gasteiger partial charge in [-0.25, -0.2) is 13.6 Å². The molecule has 0 saturated heterocycles. The van der Waals surface area contributed by atoms with Crippen LogP contribution in [0.15, 0.2) is 12.1 Å². The van der Waals surface area contributed by atoms with Crippen molar-refractivity contribution in [3.63, 3.8) is 0 Å². The van der Waals surface area contributed by atoms with E-state index in [-0.39, 0.29) is 6.29 Å². The van der Waals surface area contributed by atoms with Gasteiger partial charge in [0.15, 0.2) is 6.29 Å². The lowest BCUT2D eigenvalue weighted by atomic mass is 10.1. The Morgan fingerprint density at radius 3 is 2.38 bits per heavy atom. The van der Waals surface area contributed by atoms with Crippen molar-refractivity contribution in [3.05, 3.63) is 34.9 Å². The van der Waals surface area contributed by atoms with E-state index in [2.05, 4.69) is 0 Å². The van der Waals surface area contributed by atoms with E-state index >= 15 is 0 Å². The summed E-state index contributed by atoms with van der Waals surface area (Å²) in [5.41, 5.74) is -1.19. The Hall–Kier alpha value is -1.78. The Labute approximate surface area is 71.6 Å². The van der Waals surface area contributed by atoms with E-state index in [0.29, 0.717) is 12.1 Å². The minimum atomic E-state index is -1.54. The predicted molar refractivity (Wildman–Crippen MR) is 38.7 cm³/mol. The number of hydrogen-bond acceptors (Lipinski definition) is 2. The van der Waals surface area contributed by atoms with Crippen molar-refractivity contribution in [2.45, 2.75) is 0 Å². The van der Waals surface area contributed by atoms with Crippen molar-refractivity contribution in [2.75, 3.05) is 0 Å². The van der Waals surface area contributed by atoms with E-state index in [1.54, 1.807) is 0 Å². The number of carbonyl (C=O) groups is 2. The van der Waals surface area contributed by atoms with Gasteiger partial charge in [0, 0.05) is 6.07 Å². The molecule has 68 valence electrons. The number of hydrogen-bond donors (Lipinski definition) is 1. The molecule has 0 aromatic heterocycles. The second-order valence-corrected chi connectivity index (χ2v) is 2.28. The Balaban J connectivity index is 3.38. The first-order chi connectivity index (χ1) is 6.06. The van der Waals surface area contributed by atoms with E-state index < -0.39 is 28.7 Å². The molecule has 0 spiro atoms. The largest absolute Gasteiger partial charge is 0.478 e. The second kappa shape index (κ2) is 3.30. The fourth-order valence-corrected chi connectivity index (χ4v) is 0.820. The maximum atomic E-state index is 12.7. The fraction of sp³-hybridized carbons (Fsp3) is 0. The van der Waals surface area contributed by atoms with Crippen LogP contribution in [0.1, 0.15) is 20.7 Å². The van der Waals surface area contributed by atoms with Crippen molar-refractivity contribution in [1.82, 2.24) is 0 Å². The van der Waals surface area contributed by atoms with E-state index in [4.69, 9.17) is 5.11 Å². The van der Waals surface area contributed by atoms with Crippen LogP contribution in [0.3, 0.4) is 0 Å². The molecule has 0 aliphatic heterocycles. The molecule has 0 aliphatic carbocycles. The smallest absolute Gasteiger partial charge is 0.338 e. The van der Waals surface area contributed by atoms with Crippen LogP contribution in [0.4, 0.5) is 8.78 Å². The zero-order valence-electron chi connectivity index (χ0n) is 6.25. The molecule has 0 aliphatic rings. The quantitative estimate of drug-likeness (QED) is 0.711. The SMILES string of the molecule is O=Cc1cc(C(=O)O)c(F)cc1F. The molecule has 3 nitrogen and oxygen atoms in total. The summed E-state index contributed by atoms with van der Waals surface area (Å²) in [6.45, 7) is 0. The van der Waals surface area contributed by atoms with Crippen molar-refractivity contribution in [1.29, 1.82) is 0 Å². The van der Waals surface area contributed by atoms with E-state index in [0.717, 1.165) is 0 Å². The Morgan fingerprint density at radius 1 is 1.31 bits per heavy atom. The standard InChI is InChI=1S/C8H4F2O3/c9-6-2-7(10)5(8(12)13)1-4(6)3-11/h1-3H,(H,12,13). The Bertz CT molecular complexity index is 374. The van der Waals surface area contributed by atoms with Gasteiger partial charge in [-0.05, 0) is 6.07 Å². The van der Waals surface area contributed by atoms with E-state index in [9.17, 15) is 18.4 Å². The summed E-state index contributed by atoms with van der Waals surface area (Å²) < 4.78 is 25.3. The van der Waals surface area contributed by atoms with E-state index in [1.165, 1.54) is 0 Å². The summed E-state index contributed by atoms with van der Waals surface area (Å²) in [5.74, 6) is -3.81. The van der Waals surface area contributed by atoms with Crippen molar-refractivity contribution in [2.24, 2.45) is 0 Å². The highest BCUT2D eigenvalue weighted by molar-refractivity contribution is 5.90. The van der Waals surface area contributed by atoms with Crippen molar-refractivity contribution < 1.29 is 23.5 Å². The number of carboxylic acids is 1. The fourth-order valence-electron chi connectivity index (χ4n) is 0.820. The molecule has 1 N–H and O–H groups in total. The highest BCUT2D eigenvalue weighted by atomic mass is 19.1. The molecule has 0 radical (unpaired) electrons. The van der Waals surface area contributed by atoms with Gasteiger partial charge in [-0.2, -0.15) is 0 Å². The zero-order valence-corrected chi connectivity index (χ0v) is 6.25. The monoisotopic (exact) mass is 186 g/mol. The molecule has 0 heterocycles. The third-order valence-corrected chi connectivity index (χ3v) is 1.44. The van der Waals surface area contributed by atoms with Gasteiger partial charge in [0.25, 0.3) is 0 Å². The predicted octanol–water partition coefficient (Wildman–Crippen LogP) is 1.48.